The monoisotopic (exact) mass is 317 g/mol. The molecule has 1 amide bonds. The van der Waals surface area contributed by atoms with Crippen LogP contribution in [0.5, 0.6) is 0 Å². The summed E-state index contributed by atoms with van der Waals surface area (Å²) < 4.78 is -1.49. The summed E-state index contributed by atoms with van der Waals surface area (Å²) in [7, 11) is 0. The number of hydrogen-bond acceptors (Lipinski definition) is 1. The van der Waals surface area contributed by atoms with Gasteiger partial charge < -0.3 is 4.90 Å². The van der Waals surface area contributed by atoms with Crippen LogP contribution < -0.4 is 0 Å². The predicted octanol–water partition coefficient (Wildman–Crippen LogP) is 3.93. The number of amides is 1. The van der Waals surface area contributed by atoms with Gasteiger partial charge in [0.15, 0.2) is 4.33 Å². The molecular weight excluding hydrogens is 305 g/mol. The average Bonchev–Trinajstić information content (AvgIpc) is 2.92. The van der Waals surface area contributed by atoms with Crippen LogP contribution in [0.4, 0.5) is 0 Å². The van der Waals surface area contributed by atoms with Gasteiger partial charge in [-0.3, -0.25) is 4.79 Å². The molecule has 1 unspecified atom stereocenters. The zero-order valence-electron chi connectivity index (χ0n) is 10.2. The van der Waals surface area contributed by atoms with Crippen molar-refractivity contribution in [1.82, 2.24) is 4.90 Å². The Morgan fingerprint density at radius 1 is 1.21 bits per heavy atom. The molecule has 0 N–H and O–H groups in total. The Kier molecular flexibility index (Phi) is 4.77. The van der Waals surface area contributed by atoms with E-state index in [1.54, 1.807) is 4.90 Å². The van der Waals surface area contributed by atoms with Gasteiger partial charge in [-0.15, -0.1) is 11.6 Å². The van der Waals surface area contributed by atoms with Crippen molar-refractivity contribution in [3.8, 4) is 0 Å². The number of alkyl halides is 3. The summed E-state index contributed by atoms with van der Waals surface area (Å²) in [6.07, 6.45) is 4.01. The van der Waals surface area contributed by atoms with Crippen LogP contribution in [-0.4, -0.2) is 28.2 Å². The molecule has 0 bridgehead atoms. The van der Waals surface area contributed by atoms with E-state index in [0.717, 1.165) is 5.56 Å². The zero-order chi connectivity index (χ0) is 13.9. The van der Waals surface area contributed by atoms with Crippen molar-refractivity contribution in [2.24, 2.45) is 0 Å². The third kappa shape index (κ3) is 3.65. The number of carbonyl (C=O) groups is 1. The topological polar surface area (TPSA) is 20.3 Å². The molecule has 19 heavy (non-hydrogen) atoms. The van der Waals surface area contributed by atoms with Gasteiger partial charge in [0.2, 0.25) is 0 Å². The Bertz CT molecular complexity index is 465. The van der Waals surface area contributed by atoms with Crippen molar-refractivity contribution in [2.75, 3.05) is 13.1 Å². The molecular formula is C14H14Cl3NO. The maximum Gasteiger partial charge on any atom is 0.259 e. The average molecular weight is 319 g/mol. The number of nitrogens with zero attached hydrogens (tertiary/aromatic N) is 1. The quantitative estimate of drug-likeness (QED) is 0.608. The normalized spacial score (nSPS) is 16.7. The standard InChI is InChI=1S/C14H14Cl3NO/c15-12(11-6-2-1-3-7-11)10-14(16,17)13(19)18-8-4-5-9-18/h1-7,12H,8-10H2. The lowest BCUT2D eigenvalue weighted by Gasteiger charge is -2.26. The maximum atomic E-state index is 12.2. The van der Waals surface area contributed by atoms with Gasteiger partial charge in [0.05, 0.1) is 5.38 Å². The summed E-state index contributed by atoms with van der Waals surface area (Å²) in [6, 6.07) is 9.47. The van der Waals surface area contributed by atoms with Gasteiger partial charge in [-0.2, -0.15) is 0 Å². The van der Waals surface area contributed by atoms with Gasteiger partial charge in [0.1, 0.15) is 0 Å². The molecule has 5 heteroatoms. The summed E-state index contributed by atoms with van der Waals surface area (Å²) in [5.41, 5.74) is 0.905. The fourth-order valence-corrected chi connectivity index (χ4v) is 3.05. The molecule has 1 aromatic rings. The van der Waals surface area contributed by atoms with E-state index >= 15 is 0 Å². The van der Waals surface area contributed by atoms with Crippen LogP contribution in [0.3, 0.4) is 0 Å². The molecule has 2 nitrogen and oxygen atoms in total. The molecule has 1 heterocycles. The molecule has 0 saturated carbocycles. The van der Waals surface area contributed by atoms with Crippen molar-refractivity contribution in [3.63, 3.8) is 0 Å². The van der Waals surface area contributed by atoms with Gasteiger partial charge in [0.25, 0.3) is 5.91 Å². The molecule has 1 aliphatic rings. The second kappa shape index (κ2) is 6.17. The van der Waals surface area contributed by atoms with Gasteiger partial charge in [-0.05, 0) is 5.56 Å². The van der Waals surface area contributed by atoms with Crippen LogP contribution in [0.25, 0.3) is 0 Å². The number of benzene rings is 1. The predicted molar refractivity (Wildman–Crippen MR) is 79.8 cm³/mol. The Morgan fingerprint density at radius 2 is 1.79 bits per heavy atom. The smallest absolute Gasteiger partial charge is 0.259 e. The van der Waals surface area contributed by atoms with E-state index in [9.17, 15) is 4.79 Å². The second-order valence-corrected chi connectivity index (χ2v) is 6.48. The highest BCUT2D eigenvalue weighted by Gasteiger charge is 2.39. The third-order valence-electron chi connectivity index (χ3n) is 3.02. The summed E-state index contributed by atoms with van der Waals surface area (Å²) in [5, 5.41) is -0.393. The summed E-state index contributed by atoms with van der Waals surface area (Å²) in [6.45, 7) is 1.11. The van der Waals surface area contributed by atoms with Gasteiger partial charge in [-0.25, -0.2) is 0 Å². The molecule has 0 aromatic heterocycles. The van der Waals surface area contributed by atoms with Crippen LogP contribution >= 0.6 is 34.8 Å². The largest absolute Gasteiger partial charge is 0.333 e. The van der Waals surface area contributed by atoms with Crippen molar-refractivity contribution >= 4 is 40.7 Å². The SMILES string of the molecule is O=C(N1CC=CC1)C(Cl)(Cl)CC(Cl)c1ccccc1. The minimum atomic E-state index is -1.49. The first-order valence-electron chi connectivity index (χ1n) is 6.02. The number of carbonyl (C=O) groups excluding carboxylic acids is 1. The van der Waals surface area contributed by atoms with Crippen LogP contribution in [0.1, 0.15) is 17.4 Å². The second-order valence-electron chi connectivity index (χ2n) is 4.47. The Balaban J connectivity index is 2.02. The lowest BCUT2D eigenvalue weighted by molar-refractivity contribution is -0.130. The molecule has 2 rings (SSSR count). The lowest BCUT2D eigenvalue weighted by atomic mass is 10.1. The molecule has 0 aliphatic carbocycles. The van der Waals surface area contributed by atoms with E-state index in [1.807, 2.05) is 42.5 Å². The molecule has 0 fully saturated rings. The first-order valence-corrected chi connectivity index (χ1v) is 7.21. The van der Waals surface area contributed by atoms with Crippen LogP contribution in [0, 0.1) is 0 Å². The number of halogens is 3. The van der Waals surface area contributed by atoms with Gasteiger partial charge in [0, 0.05) is 19.5 Å². The first-order chi connectivity index (χ1) is 9.00. The fourth-order valence-electron chi connectivity index (χ4n) is 1.97. The summed E-state index contributed by atoms with van der Waals surface area (Å²) in [4.78, 5) is 13.8. The van der Waals surface area contributed by atoms with Crippen molar-refractivity contribution in [2.45, 2.75) is 16.1 Å². The van der Waals surface area contributed by atoms with E-state index in [-0.39, 0.29) is 12.3 Å². The maximum absolute atomic E-state index is 12.2. The molecule has 0 radical (unpaired) electrons. The van der Waals surface area contributed by atoms with Crippen LogP contribution in [0.2, 0.25) is 0 Å². The minimum absolute atomic E-state index is 0.178. The molecule has 0 saturated heterocycles. The zero-order valence-corrected chi connectivity index (χ0v) is 12.5. The molecule has 102 valence electrons. The highest BCUT2D eigenvalue weighted by atomic mass is 35.5. The van der Waals surface area contributed by atoms with Crippen molar-refractivity contribution < 1.29 is 4.79 Å². The summed E-state index contributed by atoms with van der Waals surface area (Å²) >= 11 is 18.6. The first kappa shape index (κ1) is 14.7. The summed E-state index contributed by atoms with van der Waals surface area (Å²) in [5.74, 6) is -0.289. The highest BCUT2D eigenvalue weighted by molar-refractivity contribution is 6.58. The Morgan fingerprint density at radius 3 is 2.37 bits per heavy atom. The Labute approximate surface area is 127 Å². The highest BCUT2D eigenvalue weighted by Crippen LogP contribution is 2.38. The van der Waals surface area contributed by atoms with E-state index in [0.29, 0.717) is 13.1 Å². The van der Waals surface area contributed by atoms with E-state index < -0.39 is 9.71 Å². The van der Waals surface area contributed by atoms with Crippen molar-refractivity contribution in [3.05, 3.63) is 48.0 Å². The van der Waals surface area contributed by atoms with E-state index in [1.165, 1.54) is 0 Å². The third-order valence-corrected chi connectivity index (χ3v) is 4.05. The van der Waals surface area contributed by atoms with Crippen LogP contribution in [0.15, 0.2) is 42.5 Å². The molecule has 1 atom stereocenters. The number of rotatable bonds is 4. The molecule has 1 aliphatic heterocycles. The lowest BCUT2D eigenvalue weighted by Crippen LogP contribution is -2.41. The minimum Gasteiger partial charge on any atom is -0.333 e. The van der Waals surface area contributed by atoms with Gasteiger partial charge in [-0.1, -0.05) is 65.7 Å². The van der Waals surface area contributed by atoms with Crippen LogP contribution in [-0.2, 0) is 4.79 Å². The molecule has 0 spiro atoms. The number of hydrogen-bond donors (Lipinski definition) is 0. The van der Waals surface area contributed by atoms with Crippen molar-refractivity contribution in [1.29, 1.82) is 0 Å². The van der Waals surface area contributed by atoms with E-state index in [2.05, 4.69) is 0 Å². The molecule has 1 aromatic carbocycles. The van der Waals surface area contributed by atoms with E-state index in [4.69, 9.17) is 34.8 Å². The Hall–Kier alpha value is -0.700. The fraction of sp³-hybridized carbons (Fsp3) is 0.357. The van der Waals surface area contributed by atoms with Gasteiger partial charge >= 0.3 is 0 Å².